The number of rotatable bonds is 6. The maximum atomic E-state index is 14.4. The molecule has 142 valence electrons. The predicted molar refractivity (Wildman–Crippen MR) is 104 cm³/mol. The molecule has 0 aliphatic rings. The zero-order valence-electron chi connectivity index (χ0n) is 16.1. The minimum Gasteiger partial charge on any atom is -0.477 e. The Balaban J connectivity index is 1.89. The van der Waals surface area contributed by atoms with Gasteiger partial charge in [0, 0.05) is 41.0 Å². The third-order valence-electron chi connectivity index (χ3n) is 4.48. The molecule has 0 saturated heterocycles. The molecule has 2 heterocycles. The molecule has 0 aliphatic carbocycles. The van der Waals surface area contributed by atoms with E-state index in [1.54, 1.807) is 18.5 Å². The summed E-state index contributed by atoms with van der Waals surface area (Å²) >= 11 is 0. The zero-order chi connectivity index (χ0) is 19.6. The van der Waals surface area contributed by atoms with E-state index in [4.69, 9.17) is 4.74 Å². The van der Waals surface area contributed by atoms with Gasteiger partial charge in [-0.25, -0.2) is 13.8 Å². The molecule has 3 aromatic rings. The van der Waals surface area contributed by atoms with E-state index in [0.717, 1.165) is 23.6 Å². The molecule has 0 saturated carbocycles. The van der Waals surface area contributed by atoms with Gasteiger partial charge in [0.2, 0.25) is 5.88 Å². The van der Waals surface area contributed by atoms with E-state index >= 15 is 0 Å². The Kier molecular flexibility index (Phi) is 5.68. The van der Waals surface area contributed by atoms with Crippen molar-refractivity contribution in [3.63, 3.8) is 0 Å². The standard InChI is InChI=1S/C22H24F2N2O/c1-13(2)7-14(3)12-27-22-15(4)8-16(11-26-22)18-5-6-25-20-10-17(23)9-19(24)21(18)20/h5-6,8-11,13-14H,7,12H2,1-4H3. The highest BCUT2D eigenvalue weighted by atomic mass is 19.1. The number of hydrogen-bond acceptors (Lipinski definition) is 3. The molecule has 0 N–H and O–H groups in total. The van der Waals surface area contributed by atoms with Gasteiger partial charge >= 0.3 is 0 Å². The van der Waals surface area contributed by atoms with Crippen molar-refractivity contribution in [2.75, 3.05) is 6.61 Å². The van der Waals surface area contributed by atoms with Crippen LogP contribution in [0.25, 0.3) is 22.0 Å². The topological polar surface area (TPSA) is 35.0 Å². The van der Waals surface area contributed by atoms with Crippen molar-refractivity contribution >= 4 is 10.9 Å². The largest absolute Gasteiger partial charge is 0.477 e. The van der Waals surface area contributed by atoms with Gasteiger partial charge in [0.05, 0.1) is 12.1 Å². The van der Waals surface area contributed by atoms with E-state index in [-0.39, 0.29) is 5.52 Å². The van der Waals surface area contributed by atoms with Gasteiger partial charge in [0.1, 0.15) is 11.6 Å². The van der Waals surface area contributed by atoms with Crippen LogP contribution in [0.2, 0.25) is 0 Å². The van der Waals surface area contributed by atoms with Crippen LogP contribution >= 0.6 is 0 Å². The molecular weight excluding hydrogens is 346 g/mol. The number of halogens is 2. The number of ether oxygens (including phenoxy) is 1. The summed E-state index contributed by atoms with van der Waals surface area (Å²) in [6.45, 7) is 9.07. The Hall–Kier alpha value is -2.56. The summed E-state index contributed by atoms with van der Waals surface area (Å²) in [6.07, 6.45) is 4.30. The van der Waals surface area contributed by atoms with Gasteiger partial charge in [-0.3, -0.25) is 4.98 Å². The number of aromatic nitrogens is 2. The van der Waals surface area contributed by atoms with Gasteiger partial charge in [-0.1, -0.05) is 20.8 Å². The molecule has 0 aliphatic heterocycles. The zero-order valence-corrected chi connectivity index (χ0v) is 16.1. The van der Waals surface area contributed by atoms with E-state index in [1.807, 2.05) is 13.0 Å². The molecule has 1 unspecified atom stereocenters. The Bertz CT molecular complexity index is 956. The molecule has 0 bridgehead atoms. The van der Waals surface area contributed by atoms with Crippen LogP contribution in [0.15, 0.2) is 36.7 Å². The monoisotopic (exact) mass is 370 g/mol. The normalized spacial score (nSPS) is 12.6. The molecule has 1 atom stereocenters. The fourth-order valence-corrected chi connectivity index (χ4v) is 3.40. The average molecular weight is 370 g/mol. The maximum absolute atomic E-state index is 14.4. The van der Waals surface area contributed by atoms with Crippen LogP contribution in [0.4, 0.5) is 8.78 Å². The summed E-state index contributed by atoms with van der Waals surface area (Å²) in [5, 5.41) is 0.291. The highest BCUT2D eigenvalue weighted by molar-refractivity contribution is 5.94. The second-order valence-electron chi connectivity index (χ2n) is 7.53. The summed E-state index contributed by atoms with van der Waals surface area (Å²) in [5.74, 6) is 0.379. The van der Waals surface area contributed by atoms with Gasteiger partial charge in [-0.2, -0.15) is 0 Å². The number of fused-ring (bicyclic) bond motifs is 1. The molecule has 27 heavy (non-hydrogen) atoms. The molecule has 1 aromatic carbocycles. The van der Waals surface area contributed by atoms with Gasteiger partial charge in [0.15, 0.2) is 0 Å². The van der Waals surface area contributed by atoms with E-state index in [2.05, 4.69) is 30.7 Å². The highest BCUT2D eigenvalue weighted by Gasteiger charge is 2.14. The van der Waals surface area contributed by atoms with Crippen LogP contribution in [0, 0.1) is 30.4 Å². The summed E-state index contributed by atoms with van der Waals surface area (Å²) in [4.78, 5) is 8.50. The van der Waals surface area contributed by atoms with Crippen LogP contribution in [0.3, 0.4) is 0 Å². The molecule has 3 nitrogen and oxygen atoms in total. The summed E-state index contributed by atoms with van der Waals surface area (Å²) in [5.41, 5.74) is 2.53. The first-order valence-corrected chi connectivity index (χ1v) is 9.18. The minimum absolute atomic E-state index is 0.283. The second-order valence-corrected chi connectivity index (χ2v) is 7.53. The Morgan fingerprint density at radius 1 is 1.07 bits per heavy atom. The van der Waals surface area contributed by atoms with Crippen LogP contribution in [0.1, 0.15) is 32.8 Å². The molecule has 0 spiro atoms. The summed E-state index contributed by atoms with van der Waals surface area (Å²) < 4.78 is 33.7. The molecule has 0 fully saturated rings. The van der Waals surface area contributed by atoms with Crippen LogP contribution in [-0.4, -0.2) is 16.6 Å². The highest BCUT2D eigenvalue weighted by Crippen LogP contribution is 2.31. The fraction of sp³-hybridized carbons (Fsp3) is 0.364. The third kappa shape index (κ3) is 4.41. The summed E-state index contributed by atoms with van der Waals surface area (Å²) in [7, 11) is 0. The molecule has 0 amide bonds. The van der Waals surface area contributed by atoms with Gasteiger partial charge in [0.25, 0.3) is 0 Å². The number of aryl methyl sites for hydroxylation is 1. The minimum atomic E-state index is -0.641. The Labute approximate surface area is 158 Å². The maximum Gasteiger partial charge on any atom is 0.216 e. The van der Waals surface area contributed by atoms with Crippen molar-refractivity contribution in [1.29, 1.82) is 0 Å². The van der Waals surface area contributed by atoms with Gasteiger partial charge < -0.3 is 4.74 Å². The first-order chi connectivity index (χ1) is 12.8. The number of hydrogen-bond donors (Lipinski definition) is 0. The van der Waals surface area contributed by atoms with E-state index in [1.165, 1.54) is 6.07 Å². The Morgan fingerprint density at radius 2 is 1.85 bits per heavy atom. The SMILES string of the molecule is Cc1cc(-c2ccnc3cc(F)cc(F)c23)cnc1OCC(C)CC(C)C. The van der Waals surface area contributed by atoms with Crippen molar-refractivity contribution in [3.8, 4) is 17.0 Å². The molecular formula is C22H24F2N2O. The van der Waals surface area contributed by atoms with Crippen LogP contribution < -0.4 is 4.74 Å². The number of nitrogens with zero attached hydrogens (tertiary/aromatic N) is 2. The van der Waals surface area contributed by atoms with Crippen molar-refractivity contribution in [1.82, 2.24) is 9.97 Å². The third-order valence-corrected chi connectivity index (χ3v) is 4.48. The second kappa shape index (κ2) is 7.99. The molecule has 5 heteroatoms. The first kappa shape index (κ1) is 19.2. The van der Waals surface area contributed by atoms with Crippen molar-refractivity contribution in [3.05, 3.63) is 53.9 Å². The van der Waals surface area contributed by atoms with E-state index in [9.17, 15) is 8.78 Å². The fourth-order valence-electron chi connectivity index (χ4n) is 3.40. The molecule has 3 rings (SSSR count). The molecule has 0 radical (unpaired) electrons. The smallest absolute Gasteiger partial charge is 0.216 e. The average Bonchev–Trinajstić information content (AvgIpc) is 2.59. The Morgan fingerprint density at radius 3 is 2.56 bits per heavy atom. The van der Waals surface area contributed by atoms with E-state index < -0.39 is 11.6 Å². The lowest BCUT2D eigenvalue weighted by molar-refractivity contribution is 0.230. The number of benzene rings is 1. The van der Waals surface area contributed by atoms with Gasteiger partial charge in [-0.05, 0) is 42.9 Å². The lowest BCUT2D eigenvalue weighted by Crippen LogP contribution is -2.12. The predicted octanol–water partition coefficient (Wildman–Crippen LogP) is 5.94. The van der Waals surface area contributed by atoms with Crippen LogP contribution in [0.5, 0.6) is 5.88 Å². The quantitative estimate of drug-likeness (QED) is 0.538. The lowest BCUT2D eigenvalue weighted by atomic mass is 10.00. The number of pyridine rings is 2. The molecule has 2 aromatic heterocycles. The van der Waals surface area contributed by atoms with Crippen LogP contribution in [-0.2, 0) is 0 Å². The van der Waals surface area contributed by atoms with Crippen molar-refractivity contribution in [2.45, 2.75) is 34.1 Å². The van der Waals surface area contributed by atoms with E-state index in [0.29, 0.717) is 35.3 Å². The van der Waals surface area contributed by atoms with Crippen molar-refractivity contribution < 1.29 is 13.5 Å². The lowest BCUT2D eigenvalue weighted by Gasteiger charge is -2.16. The van der Waals surface area contributed by atoms with Crippen molar-refractivity contribution in [2.24, 2.45) is 11.8 Å². The first-order valence-electron chi connectivity index (χ1n) is 9.18. The van der Waals surface area contributed by atoms with Gasteiger partial charge in [-0.15, -0.1) is 0 Å². The summed E-state index contributed by atoms with van der Waals surface area (Å²) in [6, 6.07) is 5.73.